The van der Waals surface area contributed by atoms with Crippen LogP contribution in [0.3, 0.4) is 0 Å². The van der Waals surface area contributed by atoms with Gasteiger partial charge in [0, 0.05) is 17.8 Å². The molecule has 32 heavy (non-hydrogen) atoms. The van der Waals surface area contributed by atoms with Crippen LogP contribution in [0.25, 0.3) is 0 Å². The van der Waals surface area contributed by atoms with E-state index in [1.807, 2.05) is 12.1 Å². The smallest absolute Gasteiger partial charge is 0.123 e. The van der Waals surface area contributed by atoms with E-state index >= 15 is 0 Å². The molecule has 0 amide bonds. The molecule has 0 unspecified atom stereocenters. The lowest BCUT2D eigenvalue weighted by molar-refractivity contribution is -0.00442. The van der Waals surface area contributed by atoms with Gasteiger partial charge in [0.1, 0.15) is 17.2 Å². The summed E-state index contributed by atoms with van der Waals surface area (Å²) in [5.74, 6) is -0.738. The lowest BCUT2D eigenvalue weighted by Crippen LogP contribution is -2.46. The van der Waals surface area contributed by atoms with E-state index in [9.17, 15) is 13.9 Å². The Hall–Kier alpha value is -3.30. The maximum atomic E-state index is 13.8. The van der Waals surface area contributed by atoms with E-state index in [-0.39, 0.29) is 29.4 Å². The zero-order chi connectivity index (χ0) is 21.9. The van der Waals surface area contributed by atoms with Crippen LogP contribution in [0.5, 0.6) is 0 Å². The van der Waals surface area contributed by atoms with Gasteiger partial charge in [0.2, 0.25) is 0 Å². The molecule has 0 heterocycles. The van der Waals surface area contributed by atoms with Gasteiger partial charge in [0.15, 0.2) is 0 Å². The first-order chi connectivity index (χ1) is 15.6. The van der Waals surface area contributed by atoms with E-state index in [1.54, 1.807) is 24.3 Å². The number of fused-ring (bicyclic) bond motifs is 1. The summed E-state index contributed by atoms with van der Waals surface area (Å²) in [5, 5.41) is 12.5. The summed E-state index contributed by atoms with van der Waals surface area (Å²) in [4.78, 5) is 0. The fourth-order valence-corrected chi connectivity index (χ4v) is 6.05. The molecule has 3 heteroatoms. The minimum Gasteiger partial charge on any atom is -0.380 e. The molecule has 4 aromatic rings. The van der Waals surface area contributed by atoms with Crippen LogP contribution in [0.4, 0.5) is 8.78 Å². The molecule has 4 aromatic carbocycles. The summed E-state index contributed by atoms with van der Waals surface area (Å²) in [6, 6.07) is 29.1. The van der Waals surface area contributed by atoms with E-state index in [0.717, 1.165) is 6.42 Å². The van der Waals surface area contributed by atoms with Crippen molar-refractivity contribution in [1.29, 1.82) is 0 Å². The number of hydrogen-bond acceptors (Lipinski definition) is 1. The molecule has 1 N–H and O–H groups in total. The molecule has 0 fully saturated rings. The van der Waals surface area contributed by atoms with Crippen molar-refractivity contribution in [2.45, 2.75) is 23.9 Å². The average Bonchev–Trinajstić information content (AvgIpc) is 2.84. The Morgan fingerprint density at radius 1 is 0.594 bits per heavy atom. The fourth-order valence-electron chi connectivity index (χ4n) is 6.05. The van der Waals surface area contributed by atoms with Crippen LogP contribution in [0.2, 0.25) is 0 Å². The molecule has 3 aliphatic carbocycles. The zero-order valence-corrected chi connectivity index (χ0v) is 17.4. The van der Waals surface area contributed by atoms with Crippen LogP contribution < -0.4 is 0 Å². The van der Waals surface area contributed by atoms with Gasteiger partial charge in [-0.25, -0.2) is 8.78 Å². The van der Waals surface area contributed by atoms with Crippen molar-refractivity contribution >= 4 is 0 Å². The van der Waals surface area contributed by atoms with Gasteiger partial charge < -0.3 is 5.11 Å². The molecule has 7 rings (SSSR count). The molecule has 158 valence electrons. The number of aliphatic hydroxyl groups is 1. The SMILES string of the molecule is OC(c1ccc(F)cc1)(c1ccc(F)cc1)[C@@H]1CC2c3ccccc3C1c1ccccc12. The van der Waals surface area contributed by atoms with Gasteiger partial charge >= 0.3 is 0 Å². The fraction of sp³-hybridized carbons (Fsp3) is 0.172. The largest absolute Gasteiger partial charge is 0.380 e. The second-order valence-corrected chi connectivity index (χ2v) is 8.91. The highest BCUT2D eigenvalue weighted by atomic mass is 19.1. The molecule has 1 nitrogen and oxygen atoms in total. The Morgan fingerprint density at radius 3 is 1.44 bits per heavy atom. The van der Waals surface area contributed by atoms with E-state index in [0.29, 0.717) is 11.1 Å². The van der Waals surface area contributed by atoms with Gasteiger partial charge in [0.25, 0.3) is 0 Å². The summed E-state index contributed by atoms with van der Waals surface area (Å²) in [6.45, 7) is 0. The molecule has 0 saturated carbocycles. The summed E-state index contributed by atoms with van der Waals surface area (Å²) < 4.78 is 27.6. The first-order valence-corrected chi connectivity index (χ1v) is 11.0. The topological polar surface area (TPSA) is 20.2 Å². The second-order valence-electron chi connectivity index (χ2n) is 8.91. The standard InChI is InChI=1S/C29H22F2O/c30-20-13-9-18(10-14-20)29(32,19-11-15-21(31)16-12-19)27-17-26-22-5-1-3-7-24(22)28(27)25-8-4-2-6-23(25)26/h1-16,26-28,32H,17H2/t26?,27-,28?/m1/s1. The Morgan fingerprint density at radius 2 is 1.00 bits per heavy atom. The number of rotatable bonds is 3. The van der Waals surface area contributed by atoms with Gasteiger partial charge in [0.05, 0.1) is 0 Å². The highest BCUT2D eigenvalue weighted by Crippen LogP contribution is 2.60. The van der Waals surface area contributed by atoms with Crippen molar-refractivity contribution in [2.75, 3.05) is 0 Å². The van der Waals surface area contributed by atoms with Crippen LogP contribution in [0, 0.1) is 17.6 Å². The molecule has 3 aliphatic rings. The van der Waals surface area contributed by atoms with Crippen LogP contribution in [0.15, 0.2) is 97.1 Å². The van der Waals surface area contributed by atoms with E-state index in [4.69, 9.17) is 0 Å². The summed E-state index contributed by atoms with van der Waals surface area (Å²) in [7, 11) is 0. The number of hydrogen-bond donors (Lipinski definition) is 1. The average molecular weight is 424 g/mol. The van der Waals surface area contributed by atoms with Gasteiger partial charge in [-0.1, -0.05) is 72.8 Å². The third-order valence-corrected chi connectivity index (χ3v) is 7.41. The highest BCUT2D eigenvalue weighted by molar-refractivity contribution is 5.57. The predicted octanol–water partition coefficient (Wildman–Crippen LogP) is 6.50. The van der Waals surface area contributed by atoms with Gasteiger partial charge in [-0.2, -0.15) is 0 Å². The zero-order valence-electron chi connectivity index (χ0n) is 17.4. The molecule has 1 atom stereocenters. The van der Waals surface area contributed by atoms with Crippen LogP contribution in [-0.4, -0.2) is 5.11 Å². The van der Waals surface area contributed by atoms with Gasteiger partial charge in [-0.15, -0.1) is 0 Å². The summed E-state index contributed by atoms with van der Waals surface area (Å²) in [6.07, 6.45) is 0.754. The lowest BCUT2D eigenvalue weighted by Gasteiger charge is -2.51. The monoisotopic (exact) mass is 424 g/mol. The van der Waals surface area contributed by atoms with E-state index in [2.05, 4.69) is 36.4 Å². The first-order valence-electron chi connectivity index (χ1n) is 11.0. The second kappa shape index (κ2) is 7.11. The first kappa shape index (κ1) is 19.4. The predicted molar refractivity (Wildman–Crippen MR) is 120 cm³/mol. The van der Waals surface area contributed by atoms with Crippen LogP contribution in [0.1, 0.15) is 51.6 Å². The lowest BCUT2D eigenvalue weighted by atomic mass is 9.53. The normalized spacial score (nSPS) is 21.2. The Labute approximate surface area is 186 Å². The molecular weight excluding hydrogens is 402 g/mol. The molecular formula is C29H22F2O. The summed E-state index contributed by atoms with van der Waals surface area (Å²) in [5.41, 5.74) is 4.94. The number of benzene rings is 4. The maximum absolute atomic E-state index is 13.8. The Bertz CT molecular complexity index is 1200. The van der Waals surface area contributed by atoms with Crippen molar-refractivity contribution in [2.24, 2.45) is 5.92 Å². The molecule has 0 aromatic heterocycles. The molecule has 0 spiro atoms. The summed E-state index contributed by atoms with van der Waals surface area (Å²) >= 11 is 0. The Balaban J connectivity index is 1.60. The molecule has 0 radical (unpaired) electrons. The van der Waals surface area contributed by atoms with E-state index < -0.39 is 5.60 Å². The quantitative estimate of drug-likeness (QED) is 0.398. The van der Waals surface area contributed by atoms with Crippen molar-refractivity contribution in [3.8, 4) is 0 Å². The van der Waals surface area contributed by atoms with Gasteiger partial charge in [-0.05, 0) is 64.1 Å². The van der Waals surface area contributed by atoms with E-state index in [1.165, 1.54) is 46.5 Å². The van der Waals surface area contributed by atoms with Crippen molar-refractivity contribution in [3.63, 3.8) is 0 Å². The van der Waals surface area contributed by atoms with Crippen molar-refractivity contribution in [1.82, 2.24) is 0 Å². The third-order valence-electron chi connectivity index (χ3n) is 7.41. The van der Waals surface area contributed by atoms with Gasteiger partial charge in [-0.3, -0.25) is 0 Å². The minimum atomic E-state index is -1.40. The van der Waals surface area contributed by atoms with Crippen molar-refractivity contribution in [3.05, 3.63) is 142 Å². The minimum absolute atomic E-state index is 0.0208. The third kappa shape index (κ3) is 2.71. The van der Waals surface area contributed by atoms with Crippen LogP contribution in [-0.2, 0) is 5.60 Å². The van der Waals surface area contributed by atoms with Crippen LogP contribution >= 0.6 is 0 Å². The van der Waals surface area contributed by atoms with Crippen molar-refractivity contribution < 1.29 is 13.9 Å². The molecule has 0 aliphatic heterocycles. The molecule has 0 saturated heterocycles. The Kier molecular flexibility index (Phi) is 4.31. The highest BCUT2D eigenvalue weighted by Gasteiger charge is 2.52. The number of halogens is 2. The maximum Gasteiger partial charge on any atom is 0.123 e. The molecule has 2 bridgehead atoms.